The Hall–Kier alpha value is -0.560. The highest BCUT2D eigenvalue weighted by atomic mass is 127. The molecule has 2 aromatic heterocycles. The average molecular weight is 359 g/mol. The van der Waals surface area contributed by atoms with Crippen LogP contribution in [-0.4, -0.2) is 9.78 Å². The van der Waals surface area contributed by atoms with Crippen molar-refractivity contribution >= 4 is 39.7 Å². The molecule has 17 heavy (non-hydrogen) atoms. The largest absolute Gasteiger partial charge is 0.383 e. The molecule has 3 nitrogen and oxygen atoms in total. The lowest BCUT2D eigenvalue weighted by Crippen LogP contribution is -2.18. The van der Waals surface area contributed by atoms with E-state index in [0.29, 0.717) is 6.04 Å². The normalized spacial score (nSPS) is 19.3. The molecule has 2 N–H and O–H groups in total. The Balaban J connectivity index is 2.09. The van der Waals surface area contributed by atoms with E-state index in [1.807, 2.05) is 22.9 Å². The van der Waals surface area contributed by atoms with E-state index >= 15 is 0 Å². The first-order valence-corrected chi connectivity index (χ1v) is 7.70. The number of anilines is 1. The molecule has 90 valence electrons. The number of rotatable bonds is 1. The van der Waals surface area contributed by atoms with Crippen LogP contribution in [0, 0.1) is 10.5 Å². The van der Waals surface area contributed by atoms with Crippen molar-refractivity contribution in [2.75, 3.05) is 5.73 Å². The summed E-state index contributed by atoms with van der Waals surface area (Å²) >= 11 is 4.14. The average Bonchev–Trinajstić information content (AvgIpc) is 2.89. The van der Waals surface area contributed by atoms with Crippen LogP contribution in [0.15, 0.2) is 11.4 Å². The Morgan fingerprint density at radius 3 is 3.12 bits per heavy atom. The van der Waals surface area contributed by atoms with Gasteiger partial charge in [0.2, 0.25) is 0 Å². The van der Waals surface area contributed by atoms with Gasteiger partial charge in [-0.2, -0.15) is 5.10 Å². The van der Waals surface area contributed by atoms with Crippen molar-refractivity contribution in [3.8, 4) is 0 Å². The Labute approximate surface area is 118 Å². The fourth-order valence-electron chi connectivity index (χ4n) is 2.50. The maximum Gasteiger partial charge on any atom is 0.136 e. The summed E-state index contributed by atoms with van der Waals surface area (Å²) in [6.07, 6.45) is 3.58. The highest BCUT2D eigenvalue weighted by Crippen LogP contribution is 2.37. The monoisotopic (exact) mass is 359 g/mol. The Bertz CT molecular complexity index is 558. The summed E-state index contributed by atoms with van der Waals surface area (Å²) < 4.78 is 3.10. The number of halogens is 1. The molecule has 0 amide bonds. The van der Waals surface area contributed by atoms with Crippen molar-refractivity contribution in [3.63, 3.8) is 0 Å². The fourth-order valence-corrected chi connectivity index (χ4v) is 3.84. The van der Waals surface area contributed by atoms with Gasteiger partial charge in [0, 0.05) is 4.88 Å². The van der Waals surface area contributed by atoms with Crippen LogP contribution < -0.4 is 5.73 Å². The second kappa shape index (κ2) is 4.28. The summed E-state index contributed by atoms with van der Waals surface area (Å²) in [6, 6.07) is 2.57. The molecule has 0 radical (unpaired) electrons. The van der Waals surface area contributed by atoms with Gasteiger partial charge >= 0.3 is 0 Å². The van der Waals surface area contributed by atoms with Crippen molar-refractivity contribution < 1.29 is 0 Å². The topological polar surface area (TPSA) is 43.8 Å². The molecule has 2 heterocycles. The SMILES string of the molecule is Cc1nn(C2CCCc3sccc32)c(N)c1I. The first-order valence-electron chi connectivity index (χ1n) is 5.75. The molecule has 0 aliphatic heterocycles. The first-order chi connectivity index (χ1) is 8.18. The van der Waals surface area contributed by atoms with Gasteiger partial charge < -0.3 is 5.73 Å². The summed E-state index contributed by atoms with van der Waals surface area (Å²) in [5, 5.41) is 6.78. The lowest BCUT2D eigenvalue weighted by molar-refractivity contribution is 0.458. The quantitative estimate of drug-likeness (QED) is 0.794. The molecule has 0 spiro atoms. The van der Waals surface area contributed by atoms with Gasteiger partial charge in [-0.3, -0.25) is 0 Å². The van der Waals surface area contributed by atoms with Crippen molar-refractivity contribution in [1.29, 1.82) is 0 Å². The molecule has 0 fully saturated rings. The summed E-state index contributed by atoms with van der Waals surface area (Å²) in [5.41, 5.74) is 8.61. The summed E-state index contributed by atoms with van der Waals surface area (Å²) in [7, 11) is 0. The van der Waals surface area contributed by atoms with Gasteiger partial charge in [0.1, 0.15) is 5.82 Å². The zero-order valence-corrected chi connectivity index (χ0v) is 12.6. The van der Waals surface area contributed by atoms with E-state index in [4.69, 9.17) is 5.73 Å². The fraction of sp³-hybridized carbons (Fsp3) is 0.417. The molecule has 1 unspecified atom stereocenters. The predicted molar refractivity (Wildman–Crippen MR) is 79.5 cm³/mol. The molecule has 3 rings (SSSR count). The zero-order valence-electron chi connectivity index (χ0n) is 9.61. The Morgan fingerprint density at radius 2 is 2.41 bits per heavy atom. The van der Waals surface area contributed by atoms with Crippen LogP contribution in [0.5, 0.6) is 0 Å². The molecule has 2 aromatic rings. The van der Waals surface area contributed by atoms with E-state index in [-0.39, 0.29) is 0 Å². The number of fused-ring (bicyclic) bond motifs is 1. The second-order valence-electron chi connectivity index (χ2n) is 4.44. The minimum atomic E-state index is 0.340. The minimum absolute atomic E-state index is 0.340. The van der Waals surface area contributed by atoms with E-state index < -0.39 is 0 Å². The molecule has 1 aliphatic rings. The van der Waals surface area contributed by atoms with Crippen LogP contribution in [0.3, 0.4) is 0 Å². The van der Waals surface area contributed by atoms with Gasteiger partial charge in [-0.25, -0.2) is 4.68 Å². The number of hydrogen-bond donors (Lipinski definition) is 1. The Kier molecular flexibility index (Phi) is 2.90. The lowest BCUT2D eigenvalue weighted by Gasteiger charge is -2.23. The Morgan fingerprint density at radius 1 is 1.59 bits per heavy atom. The smallest absolute Gasteiger partial charge is 0.136 e. The highest BCUT2D eigenvalue weighted by Gasteiger charge is 2.26. The third-order valence-electron chi connectivity index (χ3n) is 3.36. The highest BCUT2D eigenvalue weighted by molar-refractivity contribution is 14.1. The van der Waals surface area contributed by atoms with Crippen molar-refractivity contribution in [2.24, 2.45) is 0 Å². The molecule has 0 saturated carbocycles. The van der Waals surface area contributed by atoms with E-state index in [0.717, 1.165) is 21.5 Å². The maximum atomic E-state index is 6.16. The first kappa shape index (κ1) is 11.5. The van der Waals surface area contributed by atoms with Crippen molar-refractivity contribution in [1.82, 2.24) is 9.78 Å². The molecule has 1 aliphatic carbocycles. The standard InChI is InChI=1S/C12H14IN3S/c1-7-11(13)12(14)16(15-7)9-3-2-4-10-8(9)5-6-17-10/h5-6,9H,2-4,14H2,1H3. The molecule has 0 bridgehead atoms. The molecular formula is C12H14IN3S. The van der Waals surface area contributed by atoms with Crippen molar-refractivity contribution in [2.45, 2.75) is 32.2 Å². The zero-order chi connectivity index (χ0) is 12.0. The van der Waals surface area contributed by atoms with Gasteiger partial charge in [-0.1, -0.05) is 0 Å². The number of nitrogens with zero attached hydrogens (tertiary/aromatic N) is 2. The van der Waals surface area contributed by atoms with Crippen molar-refractivity contribution in [3.05, 3.63) is 31.2 Å². The van der Waals surface area contributed by atoms with Gasteiger partial charge in [-0.15, -0.1) is 11.3 Å². The van der Waals surface area contributed by atoms with Crippen LogP contribution >= 0.6 is 33.9 Å². The third kappa shape index (κ3) is 1.79. The van der Waals surface area contributed by atoms with Crippen LogP contribution in [-0.2, 0) is 6.42 Å². The van der Waals surface area contributed by atoms with Gasteiger partial charge in [0.05, 0.1) is 15.3 Å². The van der Waals surface area contributed by atoms with Gasteiger partial charge in [0.25, 0.3) is 0 Å². The van der Waals surface area contributed by atoms with E-state index in [1.165, 1.54) is 23.3 Å². The lowest BCUT2D eigenvalue weighted by atomic mass is 9.94. The number of nitrogen functional groups attached to an aromatic ring is 1. The molecule has 0 saturated heterocycles. The number of aromatic nitrogens is 2. The molecular weight excluding hydrogens is 345 g/mol. The van der Waals surface area contributed by atoms with E-state index in [2.05, 4.69) is 39.1 Å². The van der Waals surface area contributed by atoms with E-state index in [9.17, 15) is 0 Å². The summed E-state index contributed by atoms with van der Waals surface area (Å²) in [5.74, 6) is 0.812. The minimum Gasteiger partial charge on any atom is -0.383 e. The van der Waals surface area contributed by atoms with Crippen LogP contribution in [0.2, 0.25) is 0 Å². The maximum absolute atomic E-state index is 6.16. The predicted octanol–water partition coefficient (Wildman–Crippen LogP) is 3.37. The van der Waals surface area contributed by atoms with E-state index in [1.54, 1.807) is 0 Å². The molecule has 5 heteroatoms. The number of nitrogens with two attached hydrogens (primary N) is 1. The summed E-state index contributed by atoms with van der Waals surface area (Å²) in [4.78, 5) is 1.50. The third-order valence-corrected chi connectivity index (χ3v) is 5.69. The molecule has 1 atom stereocenters. The van der Waals surface area contributed by atoms with Crippen LogP contribution in [0.4, 0.5) is 5.82 Å². The number of hydrogen-bond acceptors (Lipinski definition) is 3. The second-order valence-corrected chi connectivity index (χ2v) is 6.52. The number of thiophene rings is 1. The van der Waals surface area contributed by atoms with Crippen LogP contribution in [0.1, 0.15) is 35.0 Å². The number of aryl methyl sites for hydroxylation is 2. The van der Waals surface area contributed by atoms with Gasteiger partial charge in [0.15, 0.2) is 0 Å². The molecule has 0 aromatic carbocycles. The summed E-state index contributed by atoms with van der Waals surface area (Å²) in [6.45, 7) is 2.02. The van der Waals surface area contributed by atoms with Crippen LogP contribution in [0.25, 0.3) is 0 Å². The van der Waals surface area contributed by atoms with Gasteiger partial charge in [-0.05, 0) is 65.8 Å².